The lowest BCUT2D eigenvalue weighted by Gasteiger charge is -2.14. The van der Waals surface area contributed by atoms with Crippen molar-refractivity contribution in [3.63, 3.8) is 0 Å². The van der Waals surface area contributed by atoms with Crippen LogP contribution >= 0.6 is 0 Å². The number of carbonyl (C=O) groups excluding carboxylic acids is 2. The highest BCUT2D eigenvalue weighted by Gasteiger charge is 2.20. The number of carbonyl (C=O) groups is 2. The number of ether oxygens (including phenoxy) is 3. The summed E-state index contributed by atoms with van der Waals surface area (Å²) in [6.45, 7) is 6.08. The van der Waals surface area contributed by atoms with Crippen LogP contribution in [0, 0.1) is 13.8 Å². The van der Waals surface area contributed by atoms with E-state index in [9.17, 15) is 9.59 Å². The Morgan fingerprint density at radius 2 is 1.77 bits per heavy atom. The van der Waals surface area contributed by atoms with Gasteiger partial charge in [-0.15, -0.1) is 0 Å². The largest absolute Gasteiger partial charge is 0.493 e. The van der Waals surface area contributed by atoms with Gasteiger partial charge in [-0.25, -0.2) is 9.50 Å². The van der Waals surface area contributed by atoms with Gasteiger partial charge in [0, 0.05) is 36.3 Å². The molecule has 0 fully saturated rings. The SMILES string of the molecule is COC[C@H](C)NC(=O)c1cn2ncnc(Nc3cc(NC(=O)c4ccc(OC)c(OC)c4)ccc3C)c2c1C. The van der Waals surface area contributed by atoms with E-state index in [1.165, 1.54) is 13.4 Å². The molecule has 204 valence electrons. The van der Waals surface area contributed by atoms with Crippen LogP contribution in [0.5, 0.6) is 11.5 Å². The van der Waals surface area contributed by atoms with Gasteiger partial charge in [0.05, 0.1) is 26.4 Å². The summed E-state index contributed by atoms with van der Waals surface area (Å²) in [5.74, 6) is 1.02. The fourth-order valence-corrected chi connectivity index (χ4v) is 4.22. The molecule has 1 atom stereocenters. The maximum Gasteiger partial charge on any atom is 0.255 e. The average Bonchev–Trinajstić information content (AvgIpc) is 3.27. The Morgan fingerprint density at radius 1 is 1.00 bits per heavy atom. The van der Waals surface area contributed by atoms with Gasteiger partial charge < -0.3 is 30.2 Å². The number of rotatable bonds is 10. The van der Waals surface area contributed by atoms with E-state index in [0.29, 0.717) is 46.3 Å². The monoisotopic (exact) mass is 532 g/mol. The summed E-state index contributed by atoms with van der Waals surface area (Å²) < 4.78 is 17.3. The molecule has 0 aliphatic rings. The minimum absolute atomic E-state index is 0.145. The molecule has 0 saturated carbocycles. The highest BCUT2D eigenvalue weighted by molar-refractivity contribution is 6.05. The number of fused-ring (bicyclic) bond motifs is 1. The molecule has 39 heavy (non-hydrogen) atoms. The predicted molar refractivity (Wildman–Crippen MR) is 148 cm³/mol. The standard InChI is InChI=1S/C28H32N6O5/c1-16-7-9-20(32-27(35)19-8-10-23(38-5)24(11-19)39-6)12-22(16)33-26-25-18(3)21(13-34(25)30-15-29-26)28(36)31-17(2)14-37-4/h7-13,15,17H,14H2,1-6H3,(H,31,36)(H,32,35)(H,29,30,33)/t17-/m0/s1. The Labute approximate surface area is 226 Å². The second-order valence-electron chi connectivity index (χ2n) is 9.08. The van der Waals surface area contributed by atoms with E-state index in [-0.39, 0.29) is 17.9 Å². The molecule has 2 amide bonds. The topological polar surface area (TPSA) is 128 Å². The van der Waals surface area contributed by atoms with E-state index in [1.807, 2.05) is 39.0 Å². The minimum atomic E-state index is -0.295. The zero-order valence-electron chi connectivity index (χ0n) is 22.8. The van der Waals surface area contributed by atoms with Crippen LogP contribution in [0.1, 0.15) is 38.8 Å². The summed E-state index contributed by atoms with van der Waals surface area (Å²) in [6, 6.07) is 10.4. The van der Waals surface area contributed by atoms with Gasteiger partial charge in [-0.2, -0.15) is 5.10 Å². The number of hydrogen-bond acceptors (Lipinski definition) is 8. The first-order valence-corrected chi connectivity index (χ1v) is 12.3. The Balaban J connectivity index is 1.59. The third kappa shape index (κ3) is 5.93. The van der Waals surface area contributed by atoms with Crippen molar-refractivity contribution in [1.29, 1.82) is 0 Å². The Hall–Kier alpha value is -4.64. The number of nitrogens with one attached hydrogen (secondary N) is 3. The van der Waals surface area contributed by atoms with Gasteiger partial charge in [-0.1, -0.05) is 6.07 Å². The number of anilines is 3. The zero-order valence-corrected chi connectivity index (χ0v) is 22.8. The molecule has 11 heteroatoms. The number of methoxy groups -OCH3 is 3. The lowest BCUT2D eigenvalue weighted by atomic mass is 10.1. The Morgan fingerprint density at radius 3 is 2.49 bits per heavy atom. The summed E-state index contributed by atoms with van der Waals surface area (Å²) in [4.78, 5) is 30.3. The van der Waals surface area contributed by atoms with Crippen LogP contribution in [-0.2, 0) is 4.74 Å². The average molecular weight is 533 g/mol. The summed E-state index contributed by atoms with van der Waals surface area (Å²) in [5, 5.41) is 13.5. The molecule has 0 bridgehead atoms. The number of aromatic nitrogens is 3. The maximum atomic E-state index is 12.9. The van der Waals surface area contributed by atoms with E-state index in [2.05, 4.69) is 26.0 Å². The van der Waals surface area contributed by atoms with Crippen molar-refractivity contribution in [3.8, 4) is 11.5 Å². The second kappa shape index (κ2) is 11.8. The molecule has 11 nitrogen and oxygen atoms in total. The van der Waals surface area contributed by atoms with Crippen LogP contribution in [0.4, 0.5) is 17.2 Å². The molecule has 2 aromatic heterocycles. The van der Waals surface area contributed by atoms with E-state index in [1.54, 1.807) is 43.1 Å². The third-order valence-corrected chi connectivity index (χ3v) is 6.26. The summed E-state index contributed by atoms with van der Waals surface area (Å²) in [6.07, 6.45) is 3.10. The molecule has 0 radical (unpaired) electrons. The summed E-state index contributed by atoms with van der Waals surface area (Å²) in [5.41, 5.74) is 4.58. The van der Waals surface area contributed by atoms with E-state index < -0.39 is 0 Å². The van der Waals surface area contributed by atoms with Gasteiger partial charge in [0.15, 0.2) is 17.3 Å². The molecule has 0 unspecified atom stereocenters. The van der Waals surface area contributed by atoms with Crippen LogP contribution in [0.2, 0.25) is 0 Å². The molecular formula is C28H32N6O5. The molecule has 3 N–H and O–H groups in total. The van der Waals surface area contributed by atoms with Crippen molar-refractivity contribution >= 4 is 34.5 Å². The van der Waals surface area contributed by atoms with Crippen LogP contribution in [0.3, 0.4) is 0 Å². The van der Waals surface area contributed by atoms with Gasteiger partial charge in [0.2, 0.25) is 0 Å². The van der Waals surface area contributed by atoms with Crippen LogP contribution in [0.15, 0.2) is 48.9 Å². The van der Waals surface area contributed by atoms with Crippen molar-refractivity contribution < 1.29 is 23.8 Å². The van der Waals surface area contributed by atoms with Gasteiger partial charge >= 0.3 is 0 Å². The number of nitrogens with zero attached hydrogens (tertiary/aromatic N) is 3. The Bertz CT molecular complexity index is 1520. The predicted octanol–water partition coefficient (Wildman–Crippen LogP) is 4.12. The van der Waals surface area contributed by atoms with E-state index in [4.69, 9.17) is 14.2 Å². The highest BCUT2D eigenvalue weighted by Crippen LogP contribution is 2.30. The first kappa shape index (κ1) is 27.4. The minimum Gasteiger partial charge on any atom is -0.493 e. The molecule has 0 aliphatic heterocycles. The fourth-order valence-electron chi connectivity index (χ4n) is 4.22. The summed E-state index contributed by atoms with van der Waals surface area (Å²) in [7, 11) is 4.65. The van der Waals surface area contributed by atoms with E-state index >= 15 is 0 Å². The lowest BCUT2D eigenvalue weighted by molar-refractivity contribution is 0.0904. The number of amides is 2. The van der Waals surface area contributed by atoms with Crippen LogP contribution in [0.25, 0.3) is 5.52 Å². The zero-order chi connectivity index (χ0) is 28.1. The number of hydrogen-bond donors (Lipinski definition) is 3. The molecule has 4 rings (SSSR count). The van der Waals surface area contributed by atoms with Gasteiger partial charge in [-0.3, -0.25) is 9.59 Å². The van der Waals surface area contributed by atoms with Crippen molar-refractivity contribution in [1.82, 2.24) is 19.9 Å². The van der Waals surface area contributed by atoms with E-state index in [0.717, 1.165) is 16.8 Å². The normalized spacial score (nSPS) is 11.6. The van der Waals surface area contributed by atoms with Gasteiger partial charge in [0.25, 0.3) is 11.8 Å². The third-order valence-electron chi connectivity index (χ3n) is 6.26. The van der Waals surface area contributed by atoms with Crippen molar-refractivity contribution in [3.05, 3.63) is 71.2 Å². The van der Waals surface area contributed by atoms with Gasteiger partial charge in [-0.05, 0) is 62.2 Å². The van der Waals surface area contributed by atoms with Gasteiger partial charge in [0.1, 0.15) is 11.8 Å². The maximum absolute atomic E-state index is 12.9. The van der Waals surface area contributed by atoms with Crippen molar-refractivity contribution in [2.24, 2.45) is 0 Å². The van der Waals surface area contributed by atoms with Crippen molar-refractivity contribution in [2.75, 3.05) is 38.6 Å². The molecule has 2 heterocycles. The molecule has 0 spiro atoms. The first-order valence-electron chi connectivity index (χ1n) is 12.3. The second-order valence-corrected chi connectivity index (χ2v) is 9.08. The molecule has 4 aromatic rings. The quantitative estimate of drug-likeness (QED) is 0.278. The first-order chi connectivity index (χ1) is 18.7. The Kier molecular flexibility index (Phi) is 8.30. The molecule has 2 aromatic carbocycles. The van der Waals surface area contributed by atoms with Crippen LogP contribution in [-0.4, -0.2) is 60.4 Å². The highest BCUT2D eigenvalue weighted by atomic mass is 16.5. The lowest BCUT2D eigenvalue weighted by Crippen LogP contribution is -2.35. The fraction of sp³-hybridized carbons (Fsp3) is 0.286. The molecule has 0 saturated heterocycles. The summed E-state index contributed by atoms with van der Waals surface area (Å²) >= 11 is 0. The smallest absolute Gasteiger partial charge is 0.255 e. The van der Waals surface area contributed by atoms with Crippen molar-refractivity contribution in [2.45, 2.75) is 26.8 Å². The number of benzene rings is 2. The molecule has 0 aliphatic carbocycles. The van der Waals surface area contributed by atoms with Crippen LogP contribution < -0.4 is 25.4 Å². The molecular weight excluding hydrogens is 500 g/mol. The number of aryl methyl sites for hydroxylation is 2.